The molecule has 0 aromatic carbocycles. The number of rotatable bonds is 9. The van der Waals surface area contributed by atoms with E-state index in [2.05, 4.69) is 19.2 Å². The highest BCUT2D eigenvalue weighted by Crippen LogP contribution is 2.26. The minimum atomic E-state index is -3.09. The quantitative estimate of drug-likeness (QED) is 0.662. The van der Waals surface area contributed by atoms with Crippen LogP contribution in [0.15, 0.2) is 0 Å². The molecule has 0 bridgehead atoms. The van der Waals surface area contributed by atoms with Gasteiger partial charge in [0.2, 0.25) is 10.0 Å². The van der Waals surface area contributed by atoms with Crippen molar-refractivity contribution in [1.82, 2.24) is 9.62 Å². The molecule has 0 aromatic rings. The van der Waals surface area contributed by atoms with E-state index in [1.54, 1.807) is 4.31 Å². The molecule has 0 heterocycles. The molecule has 0 aliphatic heterocycles. The van der Waals surface area contributed by atoms with E-state index in [1.807, 2.05) is 6.92 Å². The normalized spacial score (nSPS) is 17.7. The fourth-order valence-electron chi connectivity index (χ4n) is 2.72. The molecule has 0 radical (unpaired) electrons. The van der Waals surface area contributed by atoms with Crippen LogP contribution in [0.25, 0.3) is 0 Å². The van der Waals surface area contributed by atoms with Crippen molar-refractivity contribution < 1.29 is 8.42 Å². The van der Waals surface area contributed by atoms with Crippen LogP contribution in [-0.4, -0.2) is 44.2 Å². The molecule has 0 amide bonds. The Balaban J connectivity index is 2.60. The zero-order chi connectivity index (χ0) is 14.3. The Labute approximate surface area is 119 Å². The van der Waals surface area contributed by atoms with E-state index in [1.165, 1.54) is 12.8 Å². The first-order valence-corrected chi connectivity index (χ1v) is 9.28. The second-order valence-electron chi connectivity index (χ2n) is 5.92. The molecule has 1 fully saturated rings. The highest BCUT2D eigenvalue weighted by Gasteiger charge is 2.31. The Kier molecular flexibility index (Phi) is 7.32. The van der Waals surface area contributed by atoms with Gasteiger partial charge in [0.25, 0.3) is 0 Å². The minimum absolute atomic E-state index is 0.256. The van der Waals surface area contributed by atoms with E-state index in [0.717, 1.165) is 25.9 Å². The molecule has 0 unspecified atom stereocenters. The molecule has 1 rings (SSSR count). The zero-order valence-corrected chi connectivity index (χ0v) is 13.5. The van der Waals surface area contributed by atoms with E-state index >= 15 is 0 Å². The van der Waals surface area contributed by atoms with Crippen molar-refractivity contribution in [3.63, 3.8) is 0 Å². The number of hydrogen-bond acceptors (Lipinski definition) is 3. The summed E-state index contributed by atoms with van der Waals surface area (Å²) in [4.78, 5) is 0. The average Bonchev–Trinajstić information content (AvgIpc) is 2.85. The SMILES string of the molecule is CCNCCCS(=O)(=O)N(CC(C)C)C1CCCC1. The number of hydrogen-bond donors (Lipinski definition) is 1. The molecule has 1 N–H and O–H groups in total. The largest absolute Gasteiger partial charge is 0.317 e. The van der Waals surface area contributed by atoms with Crippen molar-refractivity contribution in [3.8, 4) is 0 Å². The number of nitrogens with zero attached hydrogens (tertiary/aromatic N) is 1. The maximum absolute atomic E-state index is 12.5. The molecule has 1 aliphatic carbocycles. The molecule has 19 heavy (non-hydrogen) atoms. The molecule has 0 atom stereocenters. The first-order chi connectivity index (χ1) is 8.97. The first-order valence-electron chi connectivity index (χ1n) is 7.67. The molecular weight excluding hydrogens is 260 g/mol. The van der Waals surface area contributed by atoms with Gasteiger partial charge in [0, 0.05) is 12.6 Å². The van der Waals surface area contributed by atoms with Crippen molar-refractivity contribution in [3.05, 3.63) is 0 Å². The molecule has 1 saturated carbocycles. The fourth-order valence-corrected chi connectivity index (χ4v) is 4.65. The zero-order valence-electron chi connectivity index (χ0n) is 12.7. The molecule has 0 spiro atoms. The Morgan fingerprint density at radius 3 is 2.42 bits per heavy atom. The van der Waals surface area contributed by atoms with Gasteiger partial charge in [0.1, 0.15) is 0 Å². The van der Waals surface area contributed by atoms with Crippen LogP contribution >= 0.6 is 0 Å². The predicted octanol–water partition coefficient (Wildman–Crippen LogP) is 2.22. The summed E-state index contributed by atoms with van der Waals surface area (Å²) in [5.41, 5.74) is 0. The van der Waals surface area contributed by atoms with Crippen molar-refractivity contribution in [1.29, 1.82) is 0 Å². The highest BCUT2D eigenvalue weighted by molar-refractivity contribution is 7.89. The van der Waals surface area contributed by atoms with E-state index in [9.17, 15) is 8.42 Å². The van der Waals surface area contributed by atoms with Crippen LogP contribution in [0.3, 0.4) is 0 Å². The maximum atomic E-state index is 12.5. The lowest BCUT2D eigenvalue weighted by Gasteiger charge is -2.29. The maximum Gasteiger partial charge on any atom is 0.214 e. The van der Waals surface area contributed by atoms with Crippen LogP contribution in [0.2, 0.25) is 0 Å². The molecule has 5 heteroatoms. The Bertz CT molecular complexity index is 335. The van der Waals surface area contributed by atoms with Gasteiger partial charge >= 0.3 is 0 Å². The second kappa shape index (κ2) is 8.22. The van der Waals surface area contributed by atoms with E-state index in [-0.39, 0.29) is 11.8 Å². The van der Waals surface area contributed by atoms with Gasteiger partial charge in [-0.1, -0.05) is 33.6 Å². The van der Waals surface area contributed by atoms with Gasteiger partial charge in [-0.05, 0) is 38.3 Å². The Morgan fingerprint density at radius 1 is 1.26 bits per heavy atom. The van der Waals surface area contributed by atoms with Crippen LogP contribution < -0.4 is 5.32 Å². The van der Waals surface area contributed by atoms with Crippen LogP contribution in [0, 0.1) is 5.92 Å². The van der Waals surface area contributed by atoms with Crippen LogP contribution in [0.1, 0.15) is 52.9 Å². The van der Waals surface area contributed by atoms with Crippen LogP contribution in [0.4, 0.5) is 0 Å². The average molecular weight is 290 g/mol. The summed E-state index contributed by atoms with van der Waals surface area (Å²) in [6, 6.07) is 0.256. The summed E-state index contributed by atoms with van der Waals surface area (Å²) in [7, 11) is -3.09. The van der Waals surface area contributed by atoms with Crippen molar-refractivity contribution in [2.45, 2.75) is 58.9 Å². The van der Waals surface area contributed by atoms with Crippen molar-refractivity contribution >= 4 is 10.0 Å². The van der Waals surface area contributed by atoms with E-state index < -0.39 is 10.0 Å². The fraction of sp³-hybridized carbons (Fsp3) is 1.00. The highest BCUT2D eigenvalue weighted by atomic mass is 32.2. The Morgan fingerprint density at radius 2 is 1.89 bits per heavy atom. The molecule has 1 aliphatic rings. The lowest BCUT2D eigenvalue weighted by atomic mass is 10.2. The molecule has 114 valence electrons. The third-order valence-corrected chi connectivity index (χ3v) is 5.61. The second-order valence-corrected chi connectivity index (χ2v) is 7.97. The lowest BCUT2D eigenvalue weighted by molar-refractivity contribution is 0.292. The standard InChI is InChI=1S/C14H30N2O2S/c1-4-15-10-7-11-19(17,18)16(12-13(2)3)14-8-5-6-9-14/h13-15H,4-12H2,1-3H3. The van der Waals surface area contributed by atoms with Gasteiger partial charge in [-0.25, -0.2) is 8.42 Å². The Hall–Kier alpha value is -0.130. The molecule has 0 saturated heterocycles. The van der Waals surface area contributed by atoms with Gasteiger partial charge in [-0.2, -0.15) is 4.31 Å². The van der Waals surface area contributed by atoms with Crippen LogP contribution in [0.5, 0.6) is 0 Å². The van der Waals surface area contributed by atoms with Gasteiger partial charge in [-0.15, -0.1) is 0 Å². The summed E-state index contributed by atoms with van der Waals surface area (Å²) < 4.78 is 26.8. The van der Waals surface area contributed by atoms with Gasteiger partial charge in [-0.3, -0.25) is 0 Å². The van der Waals surface area contributed by atoms with Crippen molar-refractivity contribution in [2.24, 2.45) is 5.92 Å². The predicted molar refractivity (Wildman–Crippen MR) is 80.7 cm³/mol. The van der Waals surface area contributed by atoms with Gasteiger partial charge in [0.05, 0.1) is 5.75 Å². The lowest BCUT2D eigenvalue weighted by Crippen LogP contribution is -2.42. The topological polar surface area (TPSA) is 49.4 Å². The molecular formula is C14H30N2O2S. The van der Waals surface area contributed by atoms with Crippen LogP contribution in [-0.2, 0) is 10.0 Å². The summed E-state index contributed by atoms with van der Waals surface area (Å²) in [6.07, 6.45) is 5.13. The van der Waals surface area contributed by atoms with Crippen molar-refractivity contribution in [2.75, 3.05) is 25.4 Å². The van der Waals surface area contributed by atoms with E-state index in [0.29, 0.717) is 18.9 Å². The third kappa shape index (κ3) is 5.79. The van der Waals surface area contributed by atoms with E-state index in [4.69, 9.17) is 0 Å². The third-order valence-electron chi connectivity index (χ3n) is 3.64. The summed E-state index contributed by atoms with van der Waals surface area (Å²) >= 11 is 0. The summed E-state index contributed by atoms with van der Waals surface area (Å²) in [5, 5.41) is 3.19. The summed E-state index contributed by atoms with van der Waals surface area (Å²) in [6.45, 7) is 8.59. The molecule has 4 nitrogen and oxygen atoms in total. The first kappa shape index (κ1) is 16.9. The van der Waals surface area contributed by atoms with Gasteiger partial charge < -0.3 is 5.32 Å². The number of nitrogens with one attached hydrogen (secondary N) is 1. The smallest absolute Gasteiger partial charge is 0.214 e. The van der Waals surface area contributed by atoms with Gasteiger partial charge in [0.15, 0.2) is 0 Å². The minimum Gasteiger partial charge on any atom is -0.317 e. The molecule has 0 aromatic heterocycles. The summed E-state index contributed by atoms with van der Waals surface area (Å²) in [5.74, 6) is 0.674. The monoisotopic (exact) mass is 290 g/mol. The number of sulfonamides is 1.